The highest BCUT2D eigenvalue weighted by Gasteiger charge is 2.24. The molecule has 6 nitrogen and oxygen atoms in total. The molecule has 1 aliphatic rings. The van der Waals surface area contributed by atoms with E-state index in [2.05, 4.69) is 59.8 Å². The first-order chi connectivity index (χ1) is 11.7. The summed E-state index contributed by atoms with van der Waals surface area (Å²) < 4.78 is 6.34. The SMILES string of the molecule is CN=C(NCc1cc(C)no1)NC1CCN(c2ccccc2Br)C1. The molecule has 0 bridgehead atoms. The minimum absolute atomic E-state index is 0.361. The number of benzene rings is 1. The van der Waals surface area contributed by atoms with Crippen molar-refractivity contribution in [2.45, 2.75) is 25.9 Å². The Morgan fingerprint density at radius 1 is 1.46 bits per heavy atom. The quantitative estimate of drug-likeness (QED) is 0.619. The molecule has 1 aliphatic heterocycles. The number of aryl methyl sites for hydroxylation is 1. The molecule has 3 rings (SSSR count). The number of rotatable bonds is 4. The smallest absolute Gasteiger partial charge is 0.191 e. The van der Waals surface area contributed by atoms with Gasteiger partial charge in [0.25, 0.3) is 0 Å². The topological polar surface area (TPSA) is 65.7 Å². The number of hydrogen-bond acceptors (Lipinski definition) is 4. The molecule has 0 radical (unpaired) electrons. The van der Waals surface area contributed by atoms with E-state index in [1.54, 1.807) is 7.05 Å². The van der Waals surface area contributed by atoms with Gasteiger partial charge >= 0.3 is 0 Å². The lowest BCUT2D eigenvalue weighted by Gasteiger charge is -2.21. The monoisotopic (exact) mass is 391 g/mol. The summed E-state index contributed by atoms with van der Waals surface area (Å²) in [5.41, 5.74) is 2.12. The predicted octanol–water partition coefficient (Wildman–Crippen LogP) is 2.69. The molecule has 1 aromatic heterocycles. The lowest BCUT2D eigenvalue weighted by atomic mass is 10.2. The Kier molecular flexibility index (Phi) is 5.40. The van der Waals surface area contributed by atoms with E-state index in [1.165, 1.54) is 5.69 Å². The van der Waals surface area contributed by atoms with Crippen molar-refractivity contribution in [2.75, 3.05) is 25.0 Å². The Balaban J connectivity index is 1.53. The van der Waals surface area contributed by atoms with Crippen molar-refractivity contribution in [3.63, 3.8) is 0 Å². The zero-order valence-corrected chi connectivity index (χ0v) is 15.5. The lowest BCUT2D eigenvalue weighted by molar-refractivity contribution is 0.376. The normalized spacial score (nSPS) is 18.0. The number of guanidine groups is 1. The van der Waals surface area contributed by atoms with Gasteiger partial charge in [0.1, 0.15) is 0 Å². The van der Waals surface area contributed by atoms with Crippen LogP contribution in [0, 0.1) is 6.92 Å². The van der Waals surface area contributed by atoms with Crippen LogP contribution >= 0.6 is 15.9 Å². The van der Waals surface area contributed by atoms with Gasteiger partial charge in [-0.05, 0) is 41.4 Å². The molecule has 0 aliphatic carbocycles. The van der Waals surface area contributed by atoms with Gasteiger partial charge in [0.2, 0.25) is 0 Å². The highest BCUT2D eigenvalue weighted by Crippen LogP contribution is 2.28. The molecule has 1 atom stereocenters. The first-order valence-corrected chi connectivity index (χ1v) is 8.84. The Labute approximate surface area is 150 Å². The fourth-order valence-electron chi connectivity index (χ4n) is 2.86. The zero-order chi connectivity index (χ0) is 16.9. The van der Waals surface area contributed by atoms with Crippen molar-refractivity contribution in [1.82, 2.24) is 15.8 Å². The fourth-order valence-corrected chi connectivity index (χ4v) is 3.40. The number of para-hydroxylation sites is 1. The van der Waals surface area contributed by atoms with Gasteiger partial charge in [-0.25, -0.2) is 0 Å². The third-order valence-electron chi connectivity index (χ3n) is 4.05. The second kappa shape index (κ2) is 7.70. The van der Waals surface area contributed by atoms with Gasteiger partial charge < -0.3 is 20.1 Å². The summed E-state index contributed by atoms with van der Waals surface area (Å²) in [5, 5.41) is 10.6. The first kappa shape index (κ1) is 16.8. The second-order valence-corrected chi connectivity index (χ2v) is 6.74. The molecule has 7 heteroatoms. The van der Waals surface area contributed by atoms with E-state index in [1.807, 2.05) is 19.1 Å². The molecule has 2 heterocycles. The van der Waals surface area contributed by atoms with Crippen molar-refractivity contribution < 1.29 is 4.52 Å². The average molecular weight is 392 g/mol. The van der Waals surface area contributed by atoms with Crippen LogP contribution in [0.2, 0.25) is 0 Å². The molecule has 24 heavy (non-hydrogen) atoms. The van der Waals surface area contributed by atoms with Crippen LogP contribution in [0.5, 0.6) is 0 Å². The third-order valence-corrected chi connectivity index (χ3v) is 4.72. The number of halogens is 1. The molecular formula is C17H22BrN5O. The van der Waals surface area contributed by atoms with Crippen molar-refractivity contribution in [3.05, 3.63) is 46.3 Å². The summed E-state index contributed by atoms with van der Waals surface area (Å²) in [5.74, 6) is 1.58. The fraction of sp³-hybridized carbons (Fsp3) is 0.412. The van der Waals surface area contributed by atoms with E-state index in [4.69, 9.17) is 4.52 Å². The Morgan fingerprint density at radius 3 is 3.00 bits per heavy atom. The molecule has 1 fully saturated rings. The van der Waals surface area contributed by atoms with Crippen LogP contribution in [-0.2, 0) is 6.54 Å². The van der Waals surface area contributed by atoms with E-state index >= 15 is 0 Å². The number of nitrogens with one attached hydrogen (secondary N) is 2. The van der Waals surface area contributed by atoms with Crippen molar-refractivity contribution in [1.29, 1.82) is 0 Å². The van der Waals surface area contributed by atoms with Crippen LogP contribution < -0.4 is 15.5 Å². The molecule has 128 valence electrons. The van der Waals surface area contributed by atoms with Crippen LogP contribution in [0.1, 0.15) is 17.9 Å². The summed E-state index contributed by atoms with van der Waals surface area (Å²) in [6.07, 6.45) is 1.07. The zero-order valence-electron chi connectivity index (χ0n) is 13.9. The summed E-state index contributed by atoms with van der Waals surface area (Å²) >= 11 is 3.63. The second-order valence-electron chi connectivity index (χ2n) is 5.89. The highest BCUT2D eigenvalue weighted by atomic mass is 79.9. The van der Waals surface area contributed by atoms with E-state index in [-0.39, 0.29) is 0 Å². The number of aromatic nitrogens is 1. The number of nitrogens with zero attached hydrogens (tertiary/aromatic N) is 3. The summed E-state index contributed by atoms with van der Waals surface area (Å²) in [7, 11) is 1.78. The van der Waals surface area contributed by atoms with E-state index in [0.29, 0.717) is 12.6 Å². The maximum absolute atomic E-state index is 5.21. The third kappa shape index (κ3) is 4.08. The molecule has 0 saturated carbocycles. The molecule has 0 spiro atoms. The van der Waals surface area contributed by atoms with Gasteiger partial charge in [0, 0.05) is 36.7 Å². The predicted molar refractivity (Wildman–Crippen MR) is 99.3 cm³/mol. The minimum Gasteiger partial charge on any atom is -0.368 e. The standard InChI is InChI=1S/C17H22BrN5O/c1-12-9-14(24-22-12)10-20-17(19-2)21-13-7-8-23(11-13)16-6-4-3-5-15(16)18/h3-6,9,13H,7-8,10-11H2,1-2H3,(H2,19,20,21). The summed E-state index contributed by atoms with van der Waals surface area (Å²) in [6.45, 7) is 4.46. The van der Waals surface area contributed by atoms with Gasteiger partial charge in [0.05, 0.1) is 17.9 Å². The minimum atomic E-state index is 0.361. The first-order valence-electron chi connectivity index (χ1n) is 8.04. The molecule has 1 aromatic carbocycles. The summed E-state index contributed by atoms with van der Waals surface area (Å²) in [4.78, 5) is 6.68. The van der Waals surface area contributed by atoms with Gasteiger partial charge in [0.15, 0.2) is 11.7 Å². The van der Waals surface area contributed by atoms with Gasteiger partial charge in [-0.3, -0.25) is 4.99 Å². The van der Waals surface area contributed by atoms with Crippen LogP contribution in [-0.4, -0.2) is 37.3 Å². The Hall–Kier alpha value is -2.02. The Morgan fingerprint density at radius 2 is 2.29 bits per heavy atom. The molecular weight excluding hydrogens is 370 g/mol. The van der Waals surface area contributed by atoms with Gasteiger partial charge in [-0.15, -0.1) is 0 Å². The lowest BCUT2D eigenvalue weighted by Crippen LogP contribution is -2.44. The maximum atomic E-state index is 5.21. The van der Waals surface area contributed by atoms with E-state index in [0.717, 1.165) is 41.4 Å². The summed E-state index contributed by atoms with van der Waals surface area (Å²) in [6, 6.07) is 10.6. The largest absolute Gasteiger partial charge is 0.368 e. The Bertz CT molecular complexity index is 715. The molecule has 2 aromatic rings. The van der Waals surface area contributed by atoms with Gasteiger partial charge in [-0.2, -0.15) is 0 Å². The number of anilines is 1. The van der Waals surface area contributed by atoms with Crippen LogP contribution in [0.4, 0.5) is 5.69 Å². The maximum Gasteiger partial charge on any atom is 0.191 e. The van der Waals surface area contributed by atoms with Crippen molar-refractivity contribution in [3.8, 4) is 0 Å². The van der Waals surface area contributed by atoms with Crippen LogP contribution in [0.25, 0.3) is 0 Å². The molecule has 0 amide bonds. The number of hydrogen-bond donors (Lipinski definition) is 2. The van der Waals surface area contributed by atoms with Crippen LogP contribution in [0.15, 0.2) is 44.3 Å². The van der Waals surface area contributed by atoms with Crippen molar-refractivity contribution >= 4 is 27.6 Å². The van der Waals surface area contributed by atoms with E-state index < -0.39 is 0 Å². The van der Waals surface area contributed by atoms with Crippen molar-refractivity contribution in [2.24, 2.45) is 4.99 Å². The molecule has 1 saturated heterocycles. The van der Waals surface area contributed by atoms with Gasteiger partial charge in [-0.1, -0.05) is 17.3 Å². The van der Waals surface area contributed by atoms with E-state index in [9.17, 15) is 0 Å². The highest BCUT2D eigenvalue weighted by molar-refractivity contribution is 9.10. The number of aliphatic imine (C=N–C) groups is 1. The molecule has 2 N–H and O–H groups in total. The molecule has 1 unspecified atom stereocenters. The average Bonchev–Trinajstić information content (AvgIpc) is 3.21. The van der Waals surface area contributed by atoms with Crippen LogP contribution in [0.3, 0.4) is 0 Å².